The lowest BCUT2D eigenvalue weighted by molar-refractivity contribution is -0.144. The fourth-order valence-corrected chi connectivity index (χ4v) is 1.15. The molecule has 4 nitrogen and oxygen atoms in total. The Morgan fingerprint density at radius 2 is 2.00 bits per heavy atom. The van der Waals surface area contributed by atoms with Crippen LogP contribution < -0.4 is 0 Å². The summed E-state index contributed by atoms with van der Waals surface area (Å²) in [5, 5.41) is 5.61. The molecule has 2 aromatic heterocycles. The van der Waals surface area contributed by atoms with Crippen LogP contribution in [0.5, 0.6) is 0 Å². The molecule has 0 bridgehead atoms. The number of rotatable bonds is 0. The molecule has 8 heteroatoms. The second-order valence-corrected chi connectivity index (χ2v) is 2.82. The second kappa shape index (κ2) is 2.81. The number of hydrogen-bond donors (Lipinski definition) is 1. The summed E-state index contributed by atoms with van der Waals surface area (Å²) in [5.41, 5.74) is 0.233. The Kier molecular flexibility index (Phi) is 1.84. The summed E-state index contributed by atoms with van der Waals surface area (Å²) in [6.07, 6.45) is -3.45. The predicted octanol–water partition coefficient (Wildman–Crippen LogP) is 2.03. The van der Waals surface area contributed by atoms with Crippen LogP contribution in [0.1, 0.15) is 5.82 Å². The van der Waals surface area contributed by atoms with Gasteiger partial charge in [0.25, 0.3) is 0 Å². The highest BCUT2D eigenvalue weighted by atomic mass is 35.5. The van der Waals surface area contributed by atoms with Crippen molar-refractivity contribution in [3.63, 3.8) is 0 Å². The normalized spacial score (nSPS) is 12.3. The summed E-state index contributed by atoms with van der Waals surface area (Å²) in [7, 11) is 0. The van der Waals surface area contributed by atoms with Crippen LogP contribution in [0.2, 0.25) is 5.15 Å². The first-order valence-corrected chi connectivity index (χ1v) is 3.80. The summed E-state index contributed by atoms with van der Waals surface area (Å²) in [6.45, 7) is 0. The van der Waals surface area contributed by atoms with Gasteiger partial charge in [-0.1, -0.05) is 11.6 Å². The third kappa shape index (κ3) is 1.39. The zero-order valence-corrected chi connectivity index (χ0v) is 7.19. The second-order valence-electron chi connectivity index (χ2n) is 2.47. The van der Waals surface area contributed by atoms with Crippen LogP contribution in [0.4, 0.5) is 13.2 Å². The van der Waals surface area contributed by atoms with Crippen LogP contribution in [-0.4, -0.2) is 20.2 Å². The van der Waals surface area contributed by atoms with Crippen molar-refractivity contribution in [3.05, 3.63) is 17.2 Å². The molecule has 0 amide bonds. The van der Waals surface area contributed by atoms with E-state index in [9.17, 15) is 13.2 Å². The van der Waals surface area contributed by atoms with E-state index in [0.717, 1.165) is 6.20 Å². The first kappa shape index (κ1) is 9.20. The van der Waals surface area contributed by atoms with Gasteiger partial charge in [0.2, 0.25) is 5.82 Å². The van der Waals surface area contributed by atoms with Crippen molar-refractivity contribution in [1.82, 2.24) is 20.2 Å². The van der Waals surface area contributed by atoms with Crippen molar-refractivity contribution < 1.29 is 13.2 Å². The molecule has 1 N–H and O–H groups in total. The maximum absolute atomic E-state index is 12.2. The van der Waals surface area contributed by atoms with Gasteiger partial charge in [-0.05, 0) is 0 Å². The Balaban J connectivity index is 2.70. The number of H-pyrrole nitrogens is 1. The number of hydrogen-bond acceptors (Lipinski definition) is 3. The molecule has 0 aliphatic carbocycles. The average molecular weight is 223 g/mol. The van der Waals surface area contributed by atoms with Gasteiger partial charge in [-0.2, -0.15) is 18.3 Å². The van der Waals surface area contributed by atoms with Crippen LogP contribution in [-0.2, 0) is 6.18 Å². The van der Waals surface area contributed by atoms with E-state index in [-0.39, 0.29) is 16.2 Å². The molecular formula is C6H2ClF3N4. The fraction of sp³-hybridized carbons (Fsp3) is 0.167. The highest BCUT2D eigenvalue weighted by Gasteiger charge is 2.35. The number of aromatic nitrogens is 4. The molecule has 0 unspecified atom stereocenters. The van der Waals surface area contributed by atoms with Crippen LogP contribution in [0.25, 0.3) is 11.0 Å². The van der Waals surface area contributed by atoms with Gasteiger partial charge in [-0.25, -0.2) is 9.97 Å². The van der Waals surface area contributed by atoms with E-state index in [4.69, 9.17) is 11.6 Å². The maximum atomic E-state index is 12.2. The van der Waals surface area contributed by atoms with E-state index >= 15 is 0 Å². The van der Waals surface area contributed by atoms with Crippen LogP contribution in [0.3, 0.4) is 0 Å². The molecule has 2 heterocycles. The Morgan fingerprint density at radius 3 is 2.64 bits per heavy atom. The Morgan fingerprint density at radius 1 is 1.29 bits per heavy atom. The third-order valence-corrected chi connectivity index (χ3v) is 1.78. The largest absolute Gasteiger partial charge is 0.451 e. The Hall–Kier alpha value is -1.37. The average Bonchev–Trinajstić information content (AvgIpc) is 2.50. The van der Waals surface area contributed by atoms with E-state index in [0.29, 0.717) is 0 Å². The minimum Gasteiger partial charge on any atom is -0.273 e. The SMILES string of the molecule is FC(F)(F)c1nc(Cl)c2[nH]ncc2n1. The molecule has 0 saturated carbocycles. The van der Waals surface area contributed by atoms with Gasteiger partial charge in [-0.3, -0.25) is 5.10 Å². The number of alkyl halides is 3. The van der Waals surface area contributed by atoms with Gasteiger partial charge in [0.15, 0.2) is 5.15 Å². The highest BCUT2D eigenvalue weighted by Crippen LogP contribution is 2.29. The van der Waals surface area contributed by atoms with Crippen LogP contribution in [0.15, 0.2) is 6.20 Å². The summed E-state index contributed by atoms with van der Waals surface area (Å²) in [4.78, 5) is 6.36. The van der Waals surface area contributed by atoms with Crippen LogP contribution >= 0.6 is 11.6 Å². The molecule has 0 aliphatic rings. The highest BCUT2D eigenvalue weighted by molar-refractivity contribution is 6.33. The van der Waals surface area contributed by atoms with E-state index < -0.39 is 12.0 Å². The van der Waals surface area contributed by atoms with Crippen LogP contribution in [0, 0.1) is 0 Å². The molecule has 2 aromatic rings. The quantitative estimate of drug-likeness (QED) is 0.694. The summed E-state index contributed by atoms with van der Waals surface area (Å²) in [5.74, 6) is -1.27. The molecule has 0 radical (unpaired) electrons. The molecule has 0 atom stereocenters. The fourth-order valence-electron chi connectivity index (χ4n) is 0.931. The van der Waals surface area contributed by atoms with Crippen molar-refractivity contribution in [2.45, 2.75) is 6.18 Å². The summed E-state index contributed by atoms with van der Waals surface area (Å²) >= 11 is 5.49. The molecule has 14 heavy (non-hydrogen) atoms. The third-order valence-electron chi connectivity index (χ3n) is 1.51. The summed E-state index contributed by atoms with van der Waals surface area (Å²) < 4.78 is 36.6. The molecule has 2 rings (SSSR count). The zero-order valence-electron chi connectivity index (χ0n) is 6.43. The van der Waals surface area contributed by atoms with Crippen molar-refractivity contribution >= 4 is 22.6 Å². The molecule has 0 spiro atoms. The number of fused-ring (bicyclic) bond motifs is 1. The molecule has 0 aromatic carbocycles. The van der Waals surface area contributed by atoms with E-state index in [1.807, 2.05) is 0 Å². The first-order chi connectivity index (χ1) is 6.48. The lowest BCUT2D eigenvalue weighted by atomic mass is 10.4. The first-order valence-electron chi connectivity index (χ1n) is 3.42. The molecule has 0 fully saturated rings. The van der Waals surface area contributed by atoms with Crippen molar-refractivity contribution in [2.75, 3.05) is 0 Å². The predicted molar refractivity (Wildman–Crippen MR) is 41.7 cm³/mol. The monoisotopic (exact) mass is 222 g/mol. The van der Waals surface area contributed by atoms with Gasteiger partial charge in [0.05, 0.1) is 6.20 Å². The van der Waals surface area contributed by atoms with Gasteiger partial charge in [0.1, 0.15) is 11.0 Å². The minimum atomic E-state index is -4.60. The zero-order chi connectivity index (χ0) is 10.3. The lowest BCUT2D eigenvalue weighted by Crippen LogP contribution is -2.10. The van der Waals surface area contributed by atoms with Crippen molar-refractivity contribution in [3.8, 4) is 0 Å². The van der Waals surface area contributed by atoms with Gasteiger partial charge in [-0.15, -0.1) is 0 Å². The Labute approximate surface area is 80.1 Å². The smallest absolute Gasteiger partial charge is 0.273 e. The minimum absolute atomic E-state index is 0.0392. The van der Waals surface area contributed by atoms with Gasteiger partial charge in [0, 0.05) is 0 Å². The van der Waals surface area contributed by atoms with Gasteiger partial charge < -0.3 is 0 Å². The maximum Gasteiger partial charge on any atom is 0.451 e. The molecule has 0 aliphatic heterocycles. The lowest BCUT2D eigenvalue weighted by Gasteiger charge is -2.04. The van der Waals surface area contributed by atoms with Crippen molar-refractivity contribution in [1.29, 1.82) is 0 Å². The van der Waals surface area contributed by atoms with E-state index in [2.05, 4.69) is 20.2 Å². The van der Waals surface area contributed by atoms with E-state index in [1.54, 1.807) is 0 Å². The van der Waals surface area contributed by atoms with Gasteiger partial charge >= 0.3 is 6.18 Å². The van der Waals surface area contributed by atoms with E-state index in [1.165, 1.54) is 0 Å². The molecular weight excluding hydrogens is 221 g/mol. The molecule has 0 saturated heterocycles. The number of nitrogens with zero attached hydrogens (tertiary/aromatic N) is 3. The standard InChI is InChI=1S/C6H2ClF3N4/c7-4-3-2(1-11-14-3)12-5(13-4)6(8,9)10/h1H,(H,11,14). The summed E-state index contributed by atoms with van der Waals surface area (Å²) in [6, 6.07) is 0. The van der Waals surface area contributed by atoms with Crippen molar-refractivity contribution in [2.24, 2.45) is 0 Å². The number of aromatic amines is 1. The Bertz CT molecular complexity index is 477. The molecule has 74 valence electrons. The number of halogens is 4. The topological polar surface area (TPSA) is 54.5 Å². The number of nitrogens with one attached hydrogen (secondary N) is 1.